The molecule has 3 heterocycles. The number of rotatable bonds is 8. The summed E-state index contributed by atoms with van der Waals surface area (Å²) in [5.74, 6) is 3.23. The average Bonchev–Trinajstić information content (AvgIpc) is 3.52. The van der Waals surface area contributed by atoms with Gasteiger partial charge in [-0.1, -0.05) is 42.5 Å². The van der Waals surface area contributed by atoms with E-state index in [2.05, 4.69) is 82.7 Å². The van der Waals surface area contributed by atoms with Crippen molar-refractivity contribution in [3.8, 4) is 45.4 Å². The van der Waals surface area contributed by atoms with E-state index in [1.807, 2.05) is 66.9 Å². The molecule has 44 heavy (non-hydrogen) atoms. The SMILES string of the molecule is CN1C=CN(c2cc(Oc3cccc(-c4cc(-c5cccc(Oc6ccccc6)c5)ccn4)c3)cc(N3CCCCC3)c2)C1. The predicted molar refractivity (Wildman–Crippen MR) is 178 cm³/mol. The van der Waals surface area contributed by atoms with Crippen LogP contribution in [0.15, 0.2) is 128 Å². The second kappa shape index (κ2) is 12.6. The normalized spacial score (nSPS) is 14.6. The minimum absolute atomic E-state index is 0.781. The van der Waals surface area contributed by atoms with Crippen molar-refractivity contribution in [3.63, 3.8) is 0 Å². The van der Waals surface area contributed by atoms with Gasteiger partial charge in [-0.05, 0) is 85.0 Å². The summed E-state index contributed by atoms with van der Waals surface area (Å²) in [5, 5.41) is 0. The van der Waals surface area contributed by atoms with Crippen LogP contribution < -0.4 is 19.3 Å². The number of benzene rings is 4. The Hall–Kier alpha value is -5.23. The second-order valence-electron chi connectivity index (χ2n) is 11.4. The summed E-state index contributed by atoms with van der Waals surface area (Å²) in [7, 11) is 2.09. The Morgan fingerprint density at radius 2 is 1.25 bits per heavy atom. The number of ether oxygens (including phenoxy) is 2. The average molecular weight is 581 g/mol. The third-order valence-electron chi connectivity index (χ3n) is 8.08. The minimum atomic E-state index is 0.781. The minimum Gasteiger partial charge on any atom is -0.457 e. The molecule has 0 amide bonds. The number of anilines is 2. The number of piperidine rings is 1. The quantitative estimate of drug-likeness (QED) is 0.182. The van der Waals surface area contributed by atoms with Gasteiger partial charge in [-0.2, -0.15) is 0 Å². The fourth-order valence-electron chi connectivity index (χ4n) is 5.81. The molecule has 1 aromatic heterocycles. The van der Waals surface area contributed by atoms with E-state index in [0.29, 0.717) is 0 Å². The second-order valence-corrected chi connectivity index (χ2v) is 11.4. The Morgan fingerprint density at radius 1 is 0.568 bits per heavy atom. The van der Waals surface area contributed by atoms with Crippen LogP contribution in [0.4, 0.5) is 11.4 Å². The summed E-state index contributed by atoms with van der Waals surface area (Å²) in [4.78, 5) is 11.6. The van der Waals surface area contributed by atoms with E-state index in [1.165, 1.54) is 24.9 Å². The Morgan fingerprint density at radius 3 is 2.02 bits per heavy atom. The van der Waals surface area contributed by atoms with Gasteiger partial charge in [-0.15, -0.1) is 0 Å². The molecule has 0 aliphatic carbocycles. The number of hydrogen-bond acceptors (Lipinski definition) is 6. The molecule has 2 aliphatic rings. The molecule has 0 radical (unpaired) electrons. The van der Waals surface area contributed by atoms with E-state index in [9.17, 15) is 0 Å². The van der Waals surface area contributed by atoms with Crippen LogP contribution in [0.25, 0.3) is 22.4 Å². The van der Waals surface area contributed by atoms with E-state index in [0.717, 1.165) is 70.8 Å². The van der Waals surface area contributed by atoms with E-state index in [4.69, 9.17) is 14.5 Å². The molecule has 2 aliphatic heterocycles. The molecule has 6 heteroatoms. The third kappa shape index (κ3) is 6.40. The van der Waals surface area contributed by atoms with Gasteiger partial charge < -0.3 is 24.2 Å². The molecule has 0 saturated carbocycles. The molecule has 0 unspecified atom stereocenters. The summed E-state index contributed by atoms with van der Waals surface area (Å²) in [6.45, 7) is 2.98. The van der Waals surface area contributed by atoms with Gasteiger partial charge in [0.15, 0.2) is 0 Å². The fraction of sp³-hybridized carbons (Fsp3) is 0.184. The van der Waals surface area contributed by atoms with Crippen molar-refractivity contribution >= 4 is 11.4 Å². The molecule has 7 rings (SSSR count). The highest BCUT2D eigenvalue weighted by molar-refractivity contribution is 5.72. The smallest absolute Gasteiger partial charge is 0.131 e. The zero-order chi connectivity index (χ0) is 29.7. The maximum atomic E-state index is 6.55. The first-order valence-electron chi connectivity index (χ1n) is 15.3. The predicted octanol–water partition coefficient (Wildman–Crippen LogP) is 9.17. The van der Waals surface area contributed by atoms with Gasteiger partial charge in [0.25, 0.3) is 0 Å². The van der Waals surface area contributed by atoms with Crippen LogP contribution in [-0.2, 0) is 0 Å². The lowest BCUT2D eigenvalue weighted by Gasteiger charge is -2.30. The molecule has 0 N–H and O–H groups in total. The lowest BCUT2D eigenvalue weighted by Crippen LogP contribution is -2.29. The highest BCUT2D eigenvalue weighted by Crippen LogP contribution is 2.36. The van der Waals surface area contributed by atoms with Crippen LogP contribution >= 0.6 is 0 Å². The maximum Gasteiger partial charge on any atom is 0.131 e. The fourth-order valence-corrected chi connectivity index (χ4v) is 5.81. The van der Waals surface area contributed by atoms with Crippen molar-refractivity contribution in [1.29, 1.82) is 0 Å². The topological polar surface area (TPSA) is 41.1 Å². The first-order chi connectivity index (χ1) is 21.7. The van der Waals surface area contributed by atoms with Gasteiger partial charge >= 0.3 is 0 Å². The molecule has 6 nitrogen and oxygen atoms in total. The molecule has 0 atom stereocenters. The number of hydrogen-bond donors (Lipinski definition) is 0. The first-order valence-corrected chi connectivity index (χ1v) is 15.3. The largest absolute Gasteiger partial charge is 0.457 e. The van der Waals surface area contributed by atoms with Gasteiger partial charge in [-0.3, -0.25) is 4.98 Å². The maximum absolute atomic E-state index is 6.55. The summed E-state index contributed by atoms with van der Waals surface area (Å²) in [6, 6.07) is 36.9. The van der Waals surface area contributed by atoms with E-state index >= 15 is 0 Å². The van der Waals surface area contributed by atoms with Crippen molar-refractivity contribution < 1.29 is 9.47 Å². The monoisotopic (exact) mass is 580 g/mol. The van der Waals surface area contributed by atoms with Crippen LogP contribution in [0.3, 0.4) is 0 Å². The highest BCUT2D eigenvalue weighted by Gasteiger charge is 2.18. The molecule has 5 aromatic rings. The van der Waals surface area contributed by atoms with Gasteiger partial charge in [0.05, 0.1) is 12.4 Å². The van der Waals surface area contributed by atoms with Crippen molar-refractivity contribution in [2.45, 2.75) is 19.3 Å². The van der Waals surface area contributed by atoms with E-state index in [1.54, 1.807) is 0 Å². The molecule has 0 spiro atoms. The van der Waals surface area contributed by atoms with Crippen LogP contribution in [0, 0.1) is 0 Å². The van der Waals surface area contributed by atoms with Gasteiger partial charge in [0.2, 0.25) is 0 Å². The zero-order valence-electron chi connectivity index (χ0n) is 25.0. The number of para-hydroxylation sites is 1. The number of aromatic nitrogens is 1. The molecule has 220 valence electrons. The first kappa shape index (κ1) is 27.6. The van der Waals surface area contributed by atoms with Crippen molar-refractivity contribution in [1.82, 2.24) is 9.88 Å². The molecular formula is C38H36N4O2. The Balaban J connectivity index is 1.14. The molecule has 1 fully saturated rings. The highest BCUT2D eigenvalue weighted by atomic mass is 16.5. The van der Waals surface area contributed by atoms with Crippen molar-refractivity contribution in [3.05, 3.63) is 128 Å². The third-order valence-corrected chi connectivity index (χ3v) is 8.08. The van der Waals surface area contributed by atoms with Gasteiger partial charge in [0.1, 0.15) is 23.0 Å². The molecule has 0 bridgehead atoms. The summed E-state index contributed by atoms with van der Waals surface area (Å²) >= 11 is 0. The number of pyridine rings is 1. The summed E-state index contributed by atoms with van der Waals surface area (Å²) in [5.41, 5.74) is 6.37. The molecule has 1 saturated heterocycles. The van der Waals surface area contributed by atoms with Crippen molar-refractivity contribution in [2.24, 2.45) is 0 Å². The Bertz CT molecular complexity index is 1760. The van der Waals surface area contributed by atoms with Crippen molar-refractivity contribution in [2.75, 3.05) is 36.6 Å². The number of nitrogens with zero attached hydrogens (tertiary/aromatic N) is 4. The van der Waals surface area contributed by atoms with E-state index < -0.39 is 0 Å². The lowest BCUT2D eigenvalue weighted by molar-refractivity contribution is 0.480. The van der Waals surface area contributed by atoms with Gasteiger partial charge in [0, 0.05) is 67.8 Å². The lowest BCUT2D eigenvalue weighted by atomic mass is 10.0. The Kier molecular flexibility index (Phi) is 7.88. The molecular weight excluding hydrogens is 544 g/mol. The van der Waals surface area contributed by atoms with Crippen LogP contribution in [-0.4, -0.2) is 36.7 Å². The summed E-state index contributed by atoms with van der Waals surface area (Å²) < 4.78 is 12.6. The van der Waals surface area contributed by atoms with Crippen LogP contribution in [0.2, 0.25) is 0 Å². The Labute approximate surface area is 259 Å². The van der Waals surface area contributed by atoms with Crippen LogP contribution in [0.5, 0.6) is 23.0 Å². The van der Waals surface area contributed by atoms with Gasteiger partial charge in [-0.25, -0.2) is 0 Å². The standard InChI is InChI=1S/C38H36N4O2/c1-40-20-21-42(28-40)33-25-32(41-18-6-3-7-19-41)26-37(27-33)44-36-15-9-11-31(23-36)38-24-30(16-17-39-38)29-10-8-14-35(22-29)43-34-12-4-2-5-13-34/h2,4-5,8-17,20-27H,3,6-7,18-19,28H2,1H3. The zero-order valence-corrected chi connectivity index (χ0v) is 25.0. The molecule has 4 aromatic carbocycles. The van der Waals surface area contributed by atoms with Crippen LogP contribution in [0.1, 0.15) is 19.3 Å². The van der Waals surface area contributed by atoms with E-state index in [-0.39, 0.29) is 0 Å². The summed E-state index contributed by atoms with van der Waals surface area (Å²) in [6.07, 6.45) is 9.84.